The first-order valence-electron chi connectivity index (χ1n) is 7.69. The Bertz CT molecular complexity index is 748. The lowest BCUT2D eigenvalue weighted by molar-refractivity contribution is -0.384. The maximum atomic E-state index is 10.9. The predicted molar refractivity (Wildman–Crippen MR) is 94.4 cm³/mol. The minimum atomic E-state index is -0.388. The van der Waals surface area contributed by atoms with Gasteiger partial charge in [0.1, 0.15) is 0 Å². The number of hydrogen-bond donors (Lipinski definition) is 0. The van der Waals surface area contributed by atoms with Crippen molar-refractivity contribution in [2.75, 3.05) is 28.4 Å². The molecule has 0 N–H and O–H groups in total. The molecule has 0 spiro atoms. The standard InChI is InChI=1S/C18H22N2O5/c1-19(11-13-6-5-7-15(10-13)20(21)22)12-14-8-9-16(23-2)18(25-4)17(14)24-3/h5-10H,11-12H2,1-4H3. The Morgan fingerprint density at radius 1 is 1.00 bits per heavy atom. The highest BCUT2D eigenvalue weighted by atomic mass is 16.6. The topological polar surface area (TPSA) is 74.1 Å². The number of nitro groups is 1. The largest absolute Gasteiger partial charge is 0.493 e. The molecule has 2 rings (SSSR count). The fourth-order valence-electron chi connectivity index (χ4n) is 2.71. The summed E-state index contributed by atoms with van der Waals surface area (Å²) in [5, 5.41) is 10.9. The summed E-state index contributed by atoms with van der Waals surface area (Å²) < 4.78 is 16.2. The van der Waals surface area contributed by atoms with Crippen molar-refractivity contribution in [1.29, 1.82) is 0 Å². The van der Waals surface area contributed by atoms with Crippen LogP contribution in [0.5, 0.6) is 17.2 Å². The minimum Gasteiger partial charge on any atom is -0.493 e. The van der Waals surface area contributed by atoms with Crippen molar-refractivity contribution < 1.29 is 19.1 Å². The SMILES string of the molecule is COc1ccc(CN(C)Cc2cccc([N+](=O)[O-])c2)c(OC)c1OC. The smallest absolute Gasteiger partial charge is 0.269 e. The third kappa shape index (κ3) is 4.39. The van der Waals surface area contributed by atoms with Crippen LogP contribution >= 0.6 is 0 Å². The second-order valence-electron chi connectivity index (χ2n) is 5.59. The van der Waals surface area contributed by atoms with Crippen LogP contribution in [-0.4, -0.2) is 38.2 Å². The Kier molecular flexibility index (Phi) is 6.19. The zero-order valence-electron chi connectivity index (χ0n) is 14.8. The van der Waals surface area contributed by atoms with Gasteiger partial charge in [-0.15, -0.1) is 0 Å². The third-order valence-electron chi connectivity index (χ3n) is 3.80. The molecule has 0 saturated carbocycles. The van der Waals surface area contributed by atoms with Gasteiger partial charge in [-0.2, -0.15) is 0 Å². The number of hydrogen-bond acceptors (Lipinski definition) is 6. The van der Waals surface area contributed by atoms with E-state index in [1.165, 1.54) is 6.07 Å². The Morgan fingerprint density at radius 3 is 2.32 bits per heavy atom. The molecule has 25 heavy (non-hydrogen) atoms. The summed E-state index contributed by atoms with van der Waals surface area (Å²) >= 11 is 0. The van der Waals surface area contributed by atoms with Gasteiger partial charge in [0, 0.05) is 30.8 Å². The molecule has 0 radical (unpaired) electrons. The Balaban J connectivity index is 2.19. The van der Waals surface area contributed by atoms with Crippen LogP contribution in [0.2, 0.25) is 0 Å². The fourth-order valence-corrected chi connectivity index (χ4v) is 2.71. The Labute approximate surface area is 146 Å². The molecule has 0 aromatic heterocycles. The van der Waals surface area contributed by atoms with Crippen molar-refractivity contribution >= 4 is 5.69 Å². The molecule has 7 heteroatoms. The van der Waals surface area contributed by atoms with Gasteiger partial charge in [0.2, 0.25) is 5.75 Å². The van der Waals surface area contributed by atoms with E-state index in [9.17, 15) is 10.1 Å². The van der Waals surface area contributed by atoms with E-state index in [4.69, 9.17) is 14.2 Å². The summed E-state index contributed by atoms with van der Waals surface area (Å²) in [7, 11) is 6.67. The van der Waals surface area contributed by atoms with Crippen molar-refractivity contribution in [3.63, 3.8) is 0 Å². The average Bonchev–Trinajstić information content (AvgIpc) is 2.61. The molecule has 0 aliphatic carbocycles. The first kappa shape index (κ1) is 18.5. The quantitative estimate of drug-likeness (QED) is 0.539. The van der Waals surface area contributed by atoms with Crippen molar-refractivity contribution in [1.82, 2.24) is 4.90 Å². The number of ether oxygens (including phenoxy) is 3. The monoisotopic (exact) mass is 346 g/mol. The second kappa shape index (κ2) is 8.34. The number of benzene rings is 2. The van der Waals surface area contributed by atoms with Gasteiger partial charge >= 0.3 is 0 Å². The van der Waals surface area contributed by atoms with E-state index in [0.29, 0.717) is 30.3 Å². The summed E-state index contributed by atoms with van der Waals surface area (Å²) in [6.07, 6.45) is 0. The summed E-state index contributed by atoms with van der Waals surface area (Å²) in [5.74, 6) is 1.77. The molecule has 2 aromatic carbocycles. The van der Waals surface area contributed by atoms with Gasteiger partial charge in [-0.3, -0.25) is 15.0 Å². The van der Waals surface area contributed by atoms with E-state index >= 15 is 0 Å². The van der Waals surface area contributed by atoms with E-state index in [-0.39, 0.29) is 10.6 Å². The summed E-state index contributed by atoms with van der Waals surface area (Å²) in [4.78, 5) is 12.6. The lowest BCUT2D eigenvalue weighted by Gasteiger charge is -2.20. The zero-order chi connectivity index (χ0) is 18.4. The predicted octanol–water partition coefficient (Wildman–Crippen LogP) is 3.25. The van der Waals surface area contributed by atoms with Crippen molar-refractivity contribution in [3.05, 3.63) is 57.6 Å². The number of methoxy groups -OCH3 is 3. The van der Waals surface area contributed by atoms with E-state index in [2.05, 4.69) is 0 Å². The highest BCUT2D eigenvalue weighted by molar-refractivity contribution is 5.55. The molecule has 0 aliphatic rings. The van der Waals surface area contributed by atoms with E-state index < -0.39 is 0 Å². The molecule has 0 atom stereocenters. The van der Waals surface area contributed by atoms with Crippen LogP contribution in [0.1, 0.15) is 11.1 Å². The van der Waals surface area contributed by atoms with Gasteiger partial charge in [0.25, 0.3) is 5.69 Å². The first-order valence-corrected chi connectivity index (χ1v) is 7.69. The van der Waals surface area contributed by atoms with Crippen molar-refractivity contribution in [2.45, 2.75) is 13.1 Å². The van der Waals surface area contributed by atoms with Gasteiger partial charge in [0.15, 0.2) is 11.5 Å². The second-order valence-corrected chi connectivity index (χ2v) is 5.59. The van der Waals surface area contributed by atoms with Crippen LogP contribution in [0.15, 0.2) is 36.4 Å². The van der Waals surface area contributed by atoms with Crippen molar-refractivity contribution in [3.8, 4) is 17.2 Å². The van der Waals surface area contributed by atoms with Gasteiger partial charge in [-0.25, -0.2) is 0 Å². The number of non-ortho nitro benzene ring substituents is 1. The molecule has 0 unspecified atom stereocenters. The van der Waals surface area contributed by atoms with Gasteiger partial charge in [0.05, 0.1) is 26.3 Å². The molecule has 0 fully saturated rings. The molecule has 134 valence electrons. The summed E-state index contributed by atoms with van der Waals surface area (Å²) in [5.41, 5.74) is 1.90. The van der Waals surface area contributed by atoms with Crippen LogP contribution < -0.4 is 14.2 Å². The summed E-state index contributed by atoms with van der Waals surface area (Å²) in [6, 6.07) is 10.4. The van der Waals surface area contributed by atoms with Gasteiger partial charge in [-0.05, 0) is 18.7 Å². The molecule has 0 bridgehead atoms. The molecule has 0 aliphatic heterocycles. The average molecular weight is 346 g/mol. The Morgan fingerprint density at radius 2 is 1.72 bits per heavy atom. The lowest BCUT2D eigenvalue weighted by Crippen LogP contribution is -2.18. The highest BCUT2D eigenvalue weighted by Gasteiger charge is 2.17. The fraction of sp³-hybridized carbons (Fsp3) is 0.333. The normalized spacial score (nSPS) is 10.6. The summed E-state index contributed by atoms with van der Waals surface area (Å²) in [6.45, 7) is 1.16. The van der Waals surface area contributed by atoms with Gasteiger partial charge in [-0.1, -0.05) is 18.2 Å². The Hall–Kier alpha value is -2.80. The van der Waals surface area contributed by atoms with E-state index in [0.717, 1.165) is 11.1 Å². The maximum absolute atomic E-state index is 10.9. The molecule has 0 saturated heterocycles. The van der Waals surface area contributed by atoms with Crippen LogP contribution in [0.3, 0.4) is 0 Å². The molecule has 0 heterocycles. The minimum absolute atomic E-state index is 0.0922. The van der Waals surface area contributed by atoms with E-state index in [1.54, 1.807) is 33.5 Å². The number of rotatable bonds is 8. The maximum Gasteiger partial charge on any atom is 0.269 e. The molecule has 7 nitrogen and oxygen atoms in total. The number of nitro benzene ring substituents is 1. The highest BCUT2D eigenvalue weighted by Crippen LogP contribution is 2.40. The zero-order valence-corrected chi connectivity index (χ0v) is 14.8. The van der Waals surface area contributed by atoms with Gasteiger partial charge < -0.3 is 14.2 Å². The first-order chi connectivity index (χ1) is 12.0. The molecule has 0 amide bonds. The van der Waals surface area contributed by atoms with Crippen LogP contribution in [-0.2, 0) is 13.1 Å². The lowest BCUT2D eigenvalue weighted by atomic mass is 10.1. The van der Waals surface area contributed by atoms with Crippen LogP contribution in [0.25, 0.3) is 0 Å². The van der Waals surface area contributed by atoms with Crippen LogP contribution in [0, 0.1) is 10.1 Å². The molecule has 2 aromatic rings. The van der Waals surface area contributed by atoms with E-state index in [1.807, 2.05) is 30.1 Å². The van der Waals surface area contributed by atoms with Crippen LogP contribution in [0.4, 0.5) is 5.69 Å². The molecular formula is C18H22N2O5. The number of nitrogens with zero attached hydrogens (tertiary/aromatic N) is 2. The third-order valence-corrected chi connectivity index (χ3v) is 3.80. The van der Waals surface area contributed by atoms with Crippen molar-refractivity contribution in [2.24, 2.45) is 0 Å². The molecular weight excluding hydrogens is 324 g/mol.